The number of halogens is 2. The molecule has 2 nitrogen and oxygen atoms in total. The van der Waals surface area contributed by atoms with Gasteiger partial charge in [-0.15, -0.1) is 0 Å². The first-order valence-corrected chi connectivity index (χ1v) is 8.53. The summed E-state index contributed by atoms with van der Waals surface area (Å²) >= 11 is 6.02. The van der Waals surface area contributed by atoms with Crippen LogP contribution in [0.5, 0.6) is 0 Å². The average molecular weight is 453 g/mol. The van der Waals surface area contributed by atoms with Crippen molar-refractivity contribution in [2.45, 2.75) is 6.04 Å². The van der Waals surface area contributed by atoms with Crippen molar-refractivity contribution in [3.05, 3.63) is 73.9 Å². The third-order valence-corrected chi connectivity index (χ3v) is 4.94. The molecule has 1 unspecified atom stereocenters. The van der Waals surface area contributed by atoms with Crippen LogP contribution in [0, 0.1) is 3.57 Å². The van der Waals surface area contributed by atoms with Gasteiger partial charge in [-0.05, 0) is 71.1 Å². The smallest absolute Gasteiger partial charge is 0.0705 e. The lowest BCUT2D eigenvalue weighted by Crippen LogP contribution is -2.18. The number of benzene rings is 2. The SMILES string of the molecule is CNC(c1cc(I)ccc1Br)c1cccc2ncccc12. The van der Waals surface area contributed by atoms with Gasteiger partial charge in [-0.2, -0.15) is 0 Å². The van der Waals surface area contributed by atoms with Crippen molar-refractivity contribution >= 4 is 49.4 Å². The van der Waals surface area contributed by atoms with Crippen LogP contribution in [0.15, 0.2) is 59.2 Å². The Morgan fingerprint density at radius 1 is 1.10 bits per heavy atom. The van der Waals surface area contributed by atoms with Gasteiger partial charge in [-0.25, -0.2) is 0 Å². The van der Waals surface area contributed by atoms with Crippen molar-refractivity contribution in [2.75, 3.05) is 7.05 Å². The van der Waals surface area contributed by atoms with Crippen molar-refractivity contribution < 1.29 is 0 Å². The molecule has 2 aromatic carbocycles. The maximum Gasteiger partial charge on any atom is 0.0705 e. The largest absolute Gasteiger partial charge is 0.309 e. The number of hydrogen-bond acceptors (Lipinski definition) is 2. The molecule has 0 saturated carbocycles. The summed E-state index contributed by atoms with van der Waals surface area (Å²) in [5.74, 6) is 0. The summed E-state index contributed by atoms with van der Waals surface area (Å²) in [6.07, 6.45) is 1.84. The molecule has 0 spiro atoms. The maximum absolute atomic E-state index is 4.45. The molecule has 0 aliphatic heterocycles. The van der Waals surface area contributed by atoms with Gasteiger partial charge in [0.1, 0.15) is 0 Å². The first-order valence-electron chi connectivity index (χ1n) is 6.66. The number of nitrogens with one attached hydrogen (secondary N) is 1. The van der Waals surface area contributed by atoms with E-state index in [1.807, 2.05) is 19.3 Å². The van der Waals surface area contributed by atoms with Crippen LogP contribution in [0.3, 0.4) is 0 Å². The predicted molar refractivity (Wildman–Crippen MR) is 99.5 cm³/mol. The van der Waals surface area contributed by atoms with Crippen LogP contribution in [0.25, 0.3) is 10.9 Å². The summed E-state index contributed by atoms with van der Waals surface area (Å²) in [4.78, 5) is 4.45. The molecule has 0 aliphatic carbocycles. The number of rotatable bonds is 3. The molecule has 3 rings (SSSR count). The average Bonchev–Trinajstić information content (AvgIpc) is 2.51. The fourth-order valence-electron chi connectivity index (χ4n) is 2.59. The zero-order valence-corrected chi connectivity index (χ0v) is 15.2. The highest BCUT2D eigenvalue weighted by atomic mass is 127. The van der Waals surface area contributed by atoms with E-state index in [2.05, 4.69) is 91.3 Å². The molecule has 4 heteroatoms. The maximum atomic E-state index is 4.45. The first kappa shape index (κ1) is 14.9. The minimum atomic E-state index is 0.127. The van der Waals surface area contributed by atoms with Crippen molar-refractivity contribution in [3.63, 3.8) is 0 Å². The Labute approximate surface area is 146 Å². The van der Waals surface area contributed by atoms with Gasteiger partial charge in [0.2, 0.25) is 0 Å². The summed E-state index contributed by atoms with van der Waals surface area (Å²) in [5, 5.41) is 4.62. The second-order valence-electron chi connectivity index (χ2n) is 4.80. The highest BCUT2D eigenvalue weighted by Crippen LogP contribution is 2.33. The molecular formula is C17H14BrIN2. The Bertz CT molecular complexity index is 783. The van der Waals surface area contributed by atoms with Crippen molar-refractivity contribution in [2.24, 2.45) is 0 Å². The summed E-state index contributed by atoms with van der Waals surface area (Å²) in [6.45, 7) is 0. The molecule has 0 amide bonds. The molecule has 1 heterocycles. The van der Waals surface area contributed by atoms with Gasteiger partial charge < -0.3 is 5.32 Å². The Hall–Kier alpha value is -0.980. The quantitative estimate of drug-likeness (QED) is 0.571. The number of hydrogen-bond donors (Lipinski definition) is 1. The van der Waals surface area contributed by atoms with Crippen LogP contribution in [0.4, 0.5) is 0 Å². The van der Waals surface area contributed by atoms with E-state index in [1.54, 1.807) is 0 Å². The van der Waals surface area contributed by atoms with Gasteiger partial charge in [0.05, 0.1) is 11.6 Å². The van der Waals surface area contributed by atoms with E-state index in [1.165, 1.54) is 20.1 Å². The Balaban J connectivity index is 2.21. The minimum absolute atomic E-state index is 0.127. The molecule has 0 bridgehead atoms. The zero-order chi connectivity index (χ0) is 14.8. The van der Waals surface area contributed by atoms with Crippen molar-refractivity contribution in [1.29, 1.82) is 0 Å². The molecule has 0 aliphatic rings. The second kappa shape index (κ2) is 6.42. The third-order valence-electron chi connectivity index (χ3n) is 3.55. The standard InChI is InChI=1S/C17H14BrIN2/c1-20-17(14-10-11(19)7-8-15(14)18)13-4-2-6-16-12(13)5-3-9-21-16/h2-10,17,20H,1H3. The van der Waals surface area contributed by atoms with Crippen molar-refractivity contribution in [1.82, 2.24) is 10.3 Å². The van der Waals surface area contributed by atoms with Crippen LogP contribution in [-0.2, 0) is 0 Å². The summed E-state index contributed by atoms with van der Waals surface area (Å²) in [6, 6.07) is 16.9. The molecule has 0 fully saturated rings. The predicted octanol–water partition coefficient (Wildman–Crippen LogP) is 4.91. The minimum Gasteiger partial charge on any atom is -0.309 e. The fraction of sp³-hybridized carbons (Fsp3) is 0.118. The van der Waals surface area contributed by atoms with Gasteiger partial charge in [0.15, 0.2) is 0 Å². The molecular weight excluding hydrogens is 439 g/mol. The van der Waals surface area contributed by atoms with Crippen LogP contribution >= 0.6 is 38.5 Å². The molecule has 21 heavy (non-hydrogen) atoms. The second-order valence-corrected chi connectivity index (χ2v) is 6.90. The van der Waals surface area contributed by atoms with E-state index in [4.69, 9.17) is 0 Å². The van der Waals surface area contributed by atoms with Gasteiger partial charge >= 0.3 is 0 Å². The monoisotopic (exact) mass is 452 g/mol. The van der Waals surface area contributed by atoms with Gasteiger partial charge in [0, 0.05) is 19.6 Å². The molecule has 0 radical (unpaired) electrons. The zero-order valence-electron chi connectivity index (χ0n) is 11.5. The molecule has 1 aromatic heterocycles. The molecule has 1 atom stereocenters. The fourth-order valence-corrected chi connectivity index (χ4v) is 3.58. The van der Waals surface area contributed by atoms with Gasteiger partial charge in [-0.3, -0.25) is 4.98 Å². The molecule has 106 valence electrons. The van der Waals surface area contributed by atoms with E-state index in [0.29, 0.717) is 0 Å². The van der Waals surface area contributed by atoms with E-state index in [-0.39, 0.29) is 6.04 Å². The van der Waals surface area contributed by atoms with E-state index < -0.39 is 0 Å². The summed E-state index contributed by atoms with van der Waals surface area (Å²) < 4.78 is 2.34. The topological polar surface area (TPSA) is 24.9 Å². The Kier molecular flexibility index (Phi) is 4.57. The van der Waals surface area contributed by atoms with E-state index in [9.17, 15) is 0 Å². The van der Waals surface area contributed by atoms with Gasteiger partial charge in [-0.1, -0.05) is 34.1 Å². The lowest BCUT2D eigenvalue weighted by molar-refractivity contribution is 0.693. The van der Waals surface area contributed by atoms with Crippen LogP contribution in [0.2, 0.25) is 0 Å². The summed E-state index contributed by atoms with van der Waals surface area (Å²) in [5.41, 5.74) is 3.50. The highest BCUT2D eigenvalue weighted by molar-refractivity contribution is 14.1. The number of nitrogens with zero attached hydrogens (tertiary/aromatic N) is 1. The van der Waals surface area contributed by atoms with Gasteiger partial charge in [0.25, 0.3) is 0 Å². The lowest BCUT2D eigenvalue weighted by atomic mass is 9.95. The number of fused-ring (bicyclic) bond motifs is 1. The molecule has 1 N–H and O–H groups in total. The molecule has 0 saturated heterocycles. The van der Waals surface area contributed by atoms with E-state index >= 15 is 0 Å². The Morgan fingerprint density at radius 2 is 1.95 bits per heavy atom. The Morgan fingerprint density at radius 3 is 2.76 bits per heavy atom. The normalized spacial score (nSPS) is 12.5. The lowest BCUT2D eigenvalue weighted by Gasteiger charge is -2.20. The van der Waals surface area contributed by atoms with Crippen molar-refractivity contribution in [3.8, 4) is 0 Å². The third kappa shape index (κ3) is 2.98. The number of aromatic nitrogens is 1. The highest BCUT2D eigenvalue weighted by Gasteiger charge is 2.17. The first-order chi connectivity index (χ1) is 10.2. The molecule has 3 aromatic rings. The van der Waals surface area contributed by atoms with Crippen LogP contribution in [0.1, 0.15) is 17.2 Å². The van der Waals surface area contributed by atoms with E-state index in [0.717, 1.165) is 9.99 Å². The van der Waals surface area contributed by atoms with Crippen LogP contribution < -0.4 is 5.32 Å². The van der Waals surface area contributed by atoms with Crippen LogP contribution in [-0.4, -0.2) is 12.0 Å². The number of pyridine rings is 1. The summed E-state index contributed by atoms with van der Waals surface area (Å²) in [7, 11) is 1.99.